The van der Waals surface area contributed by atoms with Gasteiger partial charge in [0.1, 0.15) is 10.4 Å². The van der Waals surface area contributed by atoms with Crippen LogP contribution in [0, 0.1) is 0 Å². The van der Waals surface area contributed by atoms with Crippen molar-refractivity contribution in [1.29, 1.82) is 0 Å². The first-order valence-corrected chi connectivity index (χ1v) is 10.3. The van der Waals surface area contributed by atoms with E-state index in [0.29, 0.717) is 24.7 Å². The van der Waals surface area contributed by atoms with Gasteiger partial charge in [0, 0.05) is 17.5 Å². The molecule has 0 aliphatic heterocycles. The van der Waals surface area contributed by atoms with E-state index in [2.05, 4.69) is 16.9 Å². The van der Waals surface area contributed by atoms with Crippen LogP contribution in [0.1, 0.15) is 39.1 Å². The zero-order chi connectivity index (χ0) is 21.0. The van der Waals surface area contributed by atoms with Gasteiger partial charge in [0.15, 0.2) is 11.6 Å². The van der Waals surface area contributed by atoms with Crippen molar-refractivity contribution >= 4 is 33.4 Å². The van der Waals surface area contributed by atoms with Crippen LogP contribution in [0.2, 0.25) is 0 Å². The second kappa shape index (κ2) is 8.61. The second-order valence-corrected chi connectivity index (χ2v) is 8.34. The van der Waals surface area contributed by atoms with E-state index in [9.17, 15) is 4.79 Å². The van der Waals surface area contributed by atoms with E-state index in [0.717, 1.165) is 27.0 Å². The van der Waals surface area contributed by atoms with Crippen LogP contribution in [0.15, 0.2) is 42.3 Å². The molecule has 1 amide bonds. The van der Waals surface area contributed by atoms with Crippen LogP contribution < -0.4 is 5.32 Å². The zero-order valence-corrected chi connectivity index (χ0v) is 17.9. The van der Waals surface area contributed by atoms with Crippen molar-refractivity contribution in [2.75, 3.05) is 6.61 Å². The fraction of sp³-hybridized carbons (Fsp3) is 0.318. The number of aromatic nitrogens is 2. The summed E-state index contributed by atoms with van der Waals surface area (Å²) < 4.78 is 10.8. The molecular formula is C22H25N3O3S. The first-order chi connectivity index (χ1) is 13.8. The number of alkyl carbamates (subject to hydrolysis) is 1. The van der Waals surface area contributed by atoms with E-state index in [-0.39, 0.29) is 0 Å². The lowest BCUT2D eigenvalue weighted by atomic mass is 10.1. The molecule has 0 radical (unpaired) electrons. The fourth-order valence-electron chi connectivity index (χ4n) is 2.76. The maximum Gasteiger partial charge on any atom is 0.407 e. The lowest BCUT2D eigenvalue weighted by molar-refractivity contribution is 0.0523. The first-order valence-electron chi connectivity index (χ1n) is 9.40. The molecule has 1 aromatic carbocycles. The Morgan fingerprint density at radius 2 is 2.03 bits per heavy atom. The lowest BCUT2D eigenvalue weighted by Gasteiger charge is -2.19. The number of benzene rings is 1. The highest BCUT2D eigenvalue weighted by molar-refractivity contribution is 7.16. The predicted octanol–water partition coefficient (Wildman–Crippen LogP) is 5.39. The van der Waals surface area contributed by atoms with Crippen molar-refractivity contribution in [2.45, 2.75) is 39.8 Å². The van der Waals surface area contributed by atoms with E-state index < -0.39 is 11.7 Å². The predicted molar refractivity (Wildman–Crippen MR) is 117 cm³/mol. The Morgan fingerprint density at radius 1 is 1.24 bits per heavy atom. The van der Waals surface area contributed by atoms with Crippen LogP contribution in [-0.4, -0.2) is 28.3 Å². The third-order valence-corrected chi connectivity index (χ3v) is 4.74. The van der Waals surface area contributed by atoms with Gasteiger partial charge in [-0.3, -0.25) is 0 Å². The number of rotatable bonds is 6. The Labute approximate surface area is 174 Å². The summed E-state index contributed by atoms with van der Waals surface area (Å²) in [4.78, 5) is 22.1. The normalized spacial score (nSPS) is 11.3. The quantitative estimate of drug-likeness (QED) is 0.551. The van der Waals surface area contributed by atoms with Gasteiger partial charge in [0.2, 0.25) is 0 Å². The van der Waals surface area contributed by atoms with E-state index >= 15 is 0 Å². The van der Waals surface area contributed by atoms with Gasteiger partial charge < -0.3 is 14.8 Å². The monoisotopic (exact) mass is 411 g/mol. The van der Waals surface area contributed by atoms with Crippen molar-refractivity contribution in [1.82, 2.24) is 15.3 Å². The number of carbonyl (C=O) groups excluding carboxylic acids is 1. The molecule has 6 nitrogen and oxygen atoms in total. The van der Waals surface area contributed by atoms with Crippen LogP contribution in [0.25, 0.3) is 27.2 Å². The molecule has 0 atom stereocenters. The summed E-state index contributed by atoms with van der Waals surface area (Å²) in [6, 6.07) is 9.90. The van der Waals surface area contributed by atoms with Crippen LogP contribution in [-0.2, 0) is 16.0 Å². The van der Waals surface area contributed by atoms with Crippen LogP contribution in [0.4, 0.5) is 4.79 Å². The van der Waals surface area contributed by atoms with Gasteiger partial charge in [-0.15, -0.1) is 11.3 Å². The summed E-state index contributed by atoms with van der Waals surface area (Å²) in [5.41, 5.74) is 2.16. The topological polar surface area (TPSA) is 73.3 Å². The molecule has 0 saturated heterocycles. The molecule has 7 heteroatoms. The summed E-state index contributed by atoms with van der Waals surface area (Å²) in [5, 5.41) is 5.75. The van der Waals surface area contributed by atoms with Crippen LogP contribution in [0.3, 0.4) is 0 Å². The van der Waals surface area contributed by atoms with Gasteiger partial charge >= 0.3 is 6.09 Å². The largest absolute Gasteiger partial charge is 0.491 e. The Kier molecular flexibility index (Phi) is 6.17. The van der Waals surface area contributed by atoms with Gasteiger partial charge in [0.25, 0.3) is 0 Å². The molecule has 0 spiro atoms. The SMILES string of the molecule is C=C(OCC)c1nc(-c2cccc(CNC(=O)OC(C)(C)C)c2)c2ccsc2n1. The number of amides is 1. The molecular weight excluding hydrogens is 386 g/mol. The molecule has 29 heavy (non-hydrogen) atoms. The van der Waals surface area contributed by atoms with E-state index in [1.807, 2.05) is 63.4 Å². The number of fused-ring (bicyclic) bond motifs is 1. The maximum atomic E-state index is 11.9. The number of hydrogen-bond donors (Lipinski definition) is 1. The molecule has 1 N–H and O–H groups in total. The summed E-state index contributed by atoms with van der Waals surface area (Å²) in [6.07, 6.45) is -0.444. The van der Waals surface area contributed by atoms with Crippen molar-refractivity contribution in [3.63, 3.8) is 0 Å². The number of nitrogens with zero attached hydrogens (tertiary/aromatic N) is 2. The minimum Gasteiger partial charge on any atom is -0.491 e. The highest BCUT2D eigenvalue weighted by Crippen LogP contribution is 2.31. The molecule has 0 bridgehead atoms. The molecule has 0 saturated carbocycles. The van der Waals surface area contributed by atoms with Crippen molar-refractivity contribution < 1.29 is 14.3 Å². The average Bonchev–Trinajstić information content (AvgIpc) is 3.13. The van der Waals surface area contributed by atoms with Gasteiger partial charge in [-0.2, -0.15) is 0 Å². The van der Waals surface area contributed by atoms with Crippen molar-refractivity contribution in [3.8, 4) is 11.3 Å². The molecule has 2 aromatic heterocycles. The van der Waals surface area contributed by atoms with Gasteiger partial charge in [0.05, 0.1) is 12.3 Å². The number of ether oxygens (including phenoxy) is 2. The third kappa shape index (κ3) is 5.32. The van der Waals surface area contributed by atoms with Gasteiger partial charge in [-0.25, -0.2) is 14.8 Å². The minimum absolute atomic E-state index is 0.360. The highest BCUT2D eigenvalue weighted by Gasteiger charge is 2.16. The molecule has 0 fully saturated rings. The second-order valence-electron chi connectivity index (χ2n) is 7.45. The standard InChI is InChI=1S/C22H25N3O3S/c1-6-27-14(2)19-24-18(17-10-11-29-20(17)25-19)16-9-7-8-15(12-16)13-23-21(26)28-22(3,4)5/h7-12H,2,6,13H2,1,3-5H3,(H,23,26). The number of nitrogens with one attached hydrogen (secondary N) is 1. The summed E-state index contributed by atoms with van der Waals surface area (Å²) in [6.45, 7) is 12.2. The molecule has 3 aromatic rings. The van der Waals surface area contributed by atoms with E-state index in [1.54, 1.807) is 11.3 Å². The fourth-order valence-corrected chi connectivity index (χ4v) is 3.52. The van der Waals surface area contributed by atoms with Crippen LogP contribution >= 0.6 is 11.3 Å². The van der Waals surface area contributed by atoms with Crippen molar-refractivity contribution in [3.05, 3.63) is 53.7 Å². The summed E-state index contributed by atoms with van der Waals surface area (Å²) in [7, 11) is 0. The molecule has 0 aliphatic rings. The van der Waals surface area contributed by atoms with Gasteiger partial charge in [-0.05, 0) is 50.8 Å². The molecule has 0 unspecified atom stereocenters. The minimum atomic E-state index is -0.531. The number of hydrogen-bond acceptors (Lipinski definition) is 6. The average molecular weight is 412 g/mol. The summed E-state index contributed by atoms with van der Waals surface area (Å²) in [5.74, 6) is 0.931. The molecule has 0 aliphatic carbocycles. The number of carbonyl (C=O) groups is 1. The highest BCUT2D eigenvalue weighted by atomic mass is 32.1. The first kappa shape index (κ1) is 20.8. The molecule has 152 valence electrons. The Balaban J connectivity index is 1.88. The maximum absolute atomic E-state index is 11.9. The third-order valence-electron chi connectivity index (χ3n) is 3.93. The van der Waals surface area contributed by atoms with E-state index in [4.69, 9.17) is 14.5 Å². The van der Waals surface area contributed by atoms with Gasteiger partial charge in [-0.1, -0.05) is 24.8 Å². The Bertz CT molecular complexity index is 1040. The zero-order valence-electron chi connectivity index (χ0n) is 17.1. The lowest BCUT2D eigenvalue weighted by Crippen LogP contribution is -2.32. The van der Waals surface area contributed by atoms with Crippen molar-refractivity contribution in [2.24, 2.45) is 0 Å². The summed E-state index contributed by atoms with van der Waals surface area (Å²) >= 11 is 1.55. The molecule has 2 heterocycles. The molecule has 3 rings (SSSR count). The van der Waals surface area contributed by atoms with E-state index in [1.165, 1.54) is 0 Å². The smallest absolute Gasteiger partial charge is 0.407 e. The number of thiophene rings is 1. The Hall–Kier alpha value is -2.93. The Morgan fingerprint density at radius 3 is 2.76 bits per heavy atom. The van der Waals surface area contributed by atoms with Crippen LogP contribution in [0.5, 0.6) is 0 Å².